The maximum absolute atomic E-state index is 7.00. The van der Waals surface area contributed by atoms with Crippen LogP contribution in [0.25, 0.3) is 0 Å². The van der Waals surface area contributed by atoms with Gasteiger partial charge in [0.15, 0.2) is 0 Å². The Morgan fingerprint density at radius 3 is 1.83 bits per heavy atom. The number of aliphatic hydroxyl groups is 1. The second-order valence-electron chi connectivity index (χ2n) is 1.31. The SMILES string of the molecule is CC1CN1.CO. The Balaban J connectivity index is 0.000000112. The Morgan fingerprint density at radius 1 is 1.67 bits per heavy atom. The Kier molecular flexibility index (Phi) is 3.08. The molecule has 1 aliphatic rings. The molecule has 6 heavy (non-hydrogen) atoms. The van der Waals surface area contributed by atoms with Crippen LogP contribution < -0.4 is 5.32 Å². The average molecular weight is 89.1 g/mol. The van der Waals surface area contributed by atoms with E-state index in [1.165, 1.54) is 6.54 Å². The molecule has 1 fully saturated rings. The van der Waals surface area contributed by atoms with Gasteiger partial charge in [-0.15, -0.1) is 0 Å². The zero-order valence-electron chi connectivity index (χ0n) is 4.23. The minimum atomic E-state index is 0.833. The molecule has 1 saturated heterocycles. The van der Waals surface area contributed by atoms with Crippen molar-refractivity contribution in [2.45, 2.75) is 13.0 Å². The van der Waals surface area contributed by atoms with Crippen molar-refractivity contribution in [2.75, 3.05) is 13.7 Å². The van der Waals surface area contributed by atoms with E-state index in [1.807, 2.05) is 0 Å². The summed E-state index contributed by atoms with van der Waals surface area (Å²) in [6, 6.07) is 0.833. The summed E-state index contributed by atoms with van der Waals surface area (Å²) in [5.74, 6) is 0. The third-order valence-corrected chi connectivity index (χ3v) is 0.612. The molecule has 1 atom stereocenters. The summed E-state index contributed by atoms with van der Waals surface area (Å²) in [5, 5.41) is 10.1. The molecule has 0 aromatic heterocycles. The van der Waals surface area contributed by atoms with E-state index >= 15 is 0 Å². The molecule has 0 radical (unpaired) electrons. The normalized spacial score (nSPS) is 27.5. The first kappa shape index (κ1) is 5.92. The van der Waals surface area contributed by atoms with Crippen LogP contribution in [-0.2, 0) is 0 Å². The van der Waals surface area contributed by atoms with Gasteiger partial charge in [-0.05, 0) is 6.92 Å². The van der Waals surface area contributed by atoms with Crippen molar-refractivity contribution < 1.29 is 5.11 Å². The lowest BCUT2D eigenvalue weighted by Gasteiger charge is -1.53. The Labute approximate surface area is 38.2 Å². The van der Waals surface area contributed by atoms with Gasteiger partial charge in [-0.3, -0.25) is 0 Å². The molecule has 1 aliphatic heterocycles. The first-order valence-corrected chi connectivity index (χ1v) is 2.08. The van der Waals surface area contributed by atoms with Crippen molar-refractivity contribution in [1.82, 2.24) is 5.32 Å². The summed E-state index contributed by atoms with van der Waals surface area (Å²) in [7, 11) is 1.00. The topological polar surface area (TPSA) is 42.2 Å². The van der Waals surface area contributed by atoms with Gasteiger partial charge in [-0.25, -0.2) is 0 Å². The summed E-state index contributed by atoms with van der Waals surface area (Å²) in [5.41, 5.74) is 0. The van der Waals surface area contributed by atoms with Crippen LogP contribution in [0.2, 0.25) is 0 Å². The molecule has 1 rings (SSSR count). The van der Waals surface area contributed by atoms with E-state index in [4.69, 9.17) is 5.11 Å². The van der Waals surface area contributed by atoms with E-state index < -0.39 is 0 Å². The summed E-state index contributed by atoms with van der Waals surface area (Å²) < 4.78 is 0. The molecule has 0 amide bonds. The van der Waals surface area contributed by atoms with Crippen molar-refractivity contribution in [1.29, 1.82) is 0 Å². The van der Waals surface area contributed by atoms with Gasteiger partial charge >= 0.3 is 0 Å². The van der Waals surface area contributed by atoms with Crippen LogP contribution in [0.4, 0.5) is 0 Å². The standard InChI is InChI=1S/C3H7N.CH4O/c1-3-2-4-3;1-2/h3-4H,2H2,1H3;2H,1H3. The number of aliphatic hydroxyl groups excluding tert-OH is 1. The van der Waals surface area contributed by atoms with E-state index in [2.05, 4.69) is 12.2 Å². The first-order valence-electron chi connectivity index (χ1n) is 2.08. The number of nitrogens with one attached hydrogen (secondary N) is 1. The number of hydrogen-bond donors (Lipinski definition) is 2. The number of hydrogen-bond acceptors (Lipinski definition) is 2. The fraction of sp³-hybridized carbons (Fsp3) is 1.00. The monoisotopic (exact) mass is 89.1 g/mol. The molecular formula is C4H11NO. The Morgan fingerprint density at radius 2 is 1.83 bits per heavy atom. The quantitative estimate of drug-likeness (QED) is 0.396. The van der Waals surface area contributed by atoms with Gasteiger partial charge in [-0.1, -0.05) is 0 Å². The fourth-order valence-electron chi connectivity index (χ4n) is 0.118. The second-order valence-corrected chi connectivity index (χ2v) is 1.31. The summed E-state index contributed by atoms with van der Waals surface area (Å²) in [4.78, 5) is 0. The molecule has 2 N–H and O–H groups in total. The molecule has 0 aliphatic carbocycles. The highest BCUT2D eigenvalue weighted by Crippen LogP contribution is 1.88. The van der Waals surface area contributed by atoms with E-state index in [0.717, 1.165) is 13.2 Å². The predicted octanol–water partition coefficient (Wildman–Crippen LogP) is -0.413. The lowest BCUT2D eigenvalue weighted by atomic mass is 10.6. The molecule has 0 spiro atoms. The van der Waals surface area contributed by atoms with Gasteiger partial charge in [0.25, 0.3) is 0 Å². The van der Waals surface area contributed by atoms with Gasteiger partial charge in [0, 0.05) is 19.7 Å². The number of rotatable bonds is 0. The van der Waals surface area contributed by atoms with Gasteiger partial charge < -0.3 is 10.4 Å². The molecule has 1 heterocycles. The van der Waals surface area contributed by atoms with Gasteiger partial charge in [0.2, 0.25) is 0 Å². The maximum Gasteiger partial charge on any atom is 0.0319 e. The highest BCUT2D eigenvalue weighted by Gasteiger charge is 2.10. The summed E-state index contributed by atoms with van der Waals surface area (Å²) in [6.07, 6.45) is 0. The van der Waals surface area contributed by atoms with E-state index in [9.17, 15) is 0 Å². The predicted molar refractivity (Wildman–Crippen MR) is 25.6 cm³/mol. The van der Waals surface area contributed by atoms with E-state index in [0.29, 0.717) is 0 Å². The smallest absolute Gasteiger partial charge is 0.0319 e. The van der Waals surface area contributed by atoms with Crippen LogP contribution in [0, 0.1) is 0 Å². The zero-order chi connectivity index (χ0) is 4.99. The van der Waals surface area contributed by atoms with Crippen molar-refractivity contribution in [2.24, 2.45) is 0 Å². The van der Waals surface area contributed by atoms with E-state index in [-0.39, 0.29) is 0 Å². The van der Waals surface area contributed by atoms with Crippen LogP contribution in [0.5, 0.6) is 0 Å². The zero-order valence-corrected chi connectivity index (χ0v) is 4.23. The lowest BCUT2D eigenvalue weighted by Crippen LogP contribution is -1.72. The van der Waals surface area contributed by atoms with Crippen LogP contribution in [0.15, 0.2) is 0 Å². The molecule has 1 unspecified atom stereocenters. The summed E-state index contributed by atoms with van der Waals surface area (Å²) >= 11 is 0. The molecule has 0 saturated carbocycles. The minimum absolute atomic E-state index is 0.833. The summed E-state index contributed by atoms with van der Waals surface area (Å²) in [6.45, 7) is 3.40. The van der Waals surface area contributed by atoms with Gasteiger partial charge in [-0.2, -0.15) is 0 Å². The average Bonchev–Trinajstić information content (AvgIpc) is 2.30. The lowest BCUT2D eigenvalue weighted by molar-refractivity contribution is 0.399. The fourth-order valence-corrected chi connectivity index (χ4v) is 0.118. The Bertz CT molecular complexity index is 26.7. The van der Waals surface area contributed by atoms with Crippen molar-refractivity contribution in [3.8, 4) is 0 Å². The third-order valence-electron chi connectivity index (χ3n) is 0.612. The van der Waals surface area contributed by atoms with E-state index in [1.54, 1.807) is 0 Å². The van der Waals surface area contributed by atoms with Crippen molar-refractivity contribution in [3.63, 3.8) is 0 Å². The van der Waals surface area contributed by atoms with Crippen LogP contribution in [0.1, 0.15) is 6.92 Å². The molecule has 38 valence electrons. The molecule has 0 bridgehead atoms. The second kappa shape index (κ2) is 3.12. The van der Waals surface area contributed by atoms with Crippen molar-refractivity contribution >= 4 is 0 Å². The highest BCUT2D eigenvalue weighted by molar-refractivity contribution is 4.76. The molecule has 0 aromatic rings. The third kappa shape index (κ3) is 3.92. The van der Waals surface area contributed by atoms with Gasteiger partial charge in [0.05, 0.1) is 0 Å². The molecular weight excluding hydrogens is 78.0 g/mol. The first-order chi connectivity index (χ1) is 2.89. The molecule has 2 heteroatoms. The maximum atomic E-state index is 7.00. The van der Waals surface area contributed by atoms with Gasteiger partial charge in [0.1, 0.15) is 0 Å². The Hall–Kier alpha value is -0.0800. The van der Waals surface area contributed by atoms with Crippen LogP contribution >= 0.6 is 0 Å². The highest BCUT2D eigenvalue weighted by atomic mass is 16.2. The van der Waals surface area contributed by atoms with Crippen LogP contribution in [-0.4, -0.2) is 24.8 Å². The molecule has 2 nitrogen and oxygen atoms in total. The molecule has 0 aromatic carbocycles. The minimum Gasteiger partial charge on any atom is -0.400 e. The largest absolute Gasteiger partial charge is 0.400 e. The van der Waals surface area contributed by atoms with Crippen LogP contribution in [0.3, 0.4) is 0 Å². The van der Waals surface area contributed by atoms with Crippen molar-refractivity contribution in [3.05, 3.63) is 0 Å².